The molecular formula is C13H11NO3. The average Bonchev–Trinajstić information content (AvgIpc) is 2.30. The van der Waals surface area contributed by atoms with E-state index in [-0.39, 0.29) is 11.3 Å². The molecule has 2 aromatic rings. The molecule has 17 heavy (non-hydrogen) atoms. The molecule has 0 unspecified atom stereocenters. The molecular weight excluding hydrogens is 218 g/mol. The highest BCUT2D eigenvalue weighted by Crippen LogP contribution is 2.26. The topological polar surface area (TPSA) is 70.4 Å². The molecule has 0 radical (unpaired) electrons. The number of hydrogen-bond acceptors (Lipinski definition) is 3. The van der Waals surface area contributed by atoms with Crippen molar-refractivity contribution in [2.45, 2.75) is 6.92 Å². The molecule has 86 valence electrons. The predicted molar refractivity (Wildman–Crippen MR) is 63.0 cm³/mol. The van der Waals surface area contributed by atoms with Crippen LogP contribution < -0.4 is 0 Å². The van der Waals surface area contributed by atoms with Crippen LogP contribution in [0.2, 0.25) is 0 Å². The Morgan fingerprint density at radius 1 is 1.24 bits per heavy atom. The first-order chi connectivity index (χ1) is 8.08. The molecule has 0 saturated carbocycles. The molecule has 4 nitrogen and oxygen atoms in total. The van der Waals surface area contributed by atoms with E-state index in [0.717, 1.165) is 5.69 Å². The minimum absolute atomic E-state index is 0.0637. The second kappa shape index (κ2) is 4.25. The van der Waals surface area contributed by atoms with E-state index in [1.807, 2.05) is 13.0 Å². The van der Waals surface area contributed by atoms with E-state index in [4.69, 9.17) is 5.11 Å². The van der Waals surface area contributed by atoms with Gasteiger partial charge in [0, 0.05) is 17.5 Å². The highest BCUT2D eigenvalue weighted by Gasteiger charge is 2.12. The van der Waals surface area contributed by atoms with Crippen molar-refractivity contribution in [1.82, 2.24) is 4.98 Å². The van der Waals surface area contributed by atoms with E-state index in [1.165, 1.54) is 12.1 Å². The molecule has 0 aliphatic rings. The SMILES string of the molecule is Cc1ccc(-c2ccc(O)cc2C(=O)O)cn1. The predicted octanol–water partition coefficient (Wildman–Crippen LogP) is 2.46. The number of nitrogens with zero attached hydrogens (tertiary/aromatic N) is 1. The van der Waals surface area contributed by atoms with Crippen molar-refractivity contribution in [3.63, 3.8) is 0 Å². The van der Waals surface area contributed by atoms with Crippen molar-refractivity contribution in [3.05, 3.63) is 47.8 Å². The molecule has 0 spiro atoms. The van der Waals surface area contributed by atoms with Gasteiger partial charge in [0.15, 0.2) is 0 Å². The van der Waals surface area contributed by atoms with E-state index in [2.05, 4.69) is 4.98 Å². The number of phenolic OH excluding ortho intramolecular Hbond substituents is 1. The number of aromatic nitrogens is 1. The van der Waals surface area contributed by atoms with Crippen molar-refractivity contribution in [2.24, 2.45) is 0 Å². The van der Waals surface area contributed by atoms with Gasteiger partial charge in [-0.05, 0) is 36.8 Å². The summed E-state index contributed by atoms with van der Waals surface area (Å²) in [6.45, 7) is 1.86. The quantitative estimate of drug-likeness (QED) is 0.829. The number of aryl methyl sites for hydroxylation is 1. The van der Waals surface area contributed by atoms with E-state index in [9.17, 15) is 9.90 Å². The number of phenols is 1. The molecule has 0 aliphatic heterocycles. The molecule has 0 bridgehead atoms. The minimum Gasteiger partial charge on any atom is -0.508 e. The summed E-state index contributed by atoms with van der Waals surface area (Å²) in [7, 11) is 0. The number of hydrogen-bond donors (Lipinski definition) is 2. The molecule has 0 atom stereocenters. The molecule has 2 rings (SSSR count). The van der Waals surface area contributed by atoms with Crippen LogP contribution in [-0.2, 0) is 0 Å². The van der Waals surface area contributed by atoms with Crippen LogP contribution in [0.4, 0.5) is 0 Å². The third kappa shape index (κ3) is 2.25. The van der Waals surface area contributed by atoms with Gasteiger partial charge in [-0.15, -0.1) is 0 Å². The zero-order chi connectivity index (χ0) is 12.4. The van der Waals surface area contributed by atoms with Crippen LogP contribution in [0, 0.1) is 6.92 Å². The first-order valence-electron chi connectivity index (χ1n) is 5.07. The van der Waals surface area contributed by atoms with Gasteiger partial charge in [0.05, 0.1) is 5.56 Å². The lowest BCUT2D eigenvalue weighted by molar-refractivity contribution is 0.0697. The zero-order valence-corrected chi connectivity index (χ0v) is 9.21. The van der Waals surface area contributed by atoms with Crippen LogP contribution in [-0.4, -0.2) is 21.2 Å². The van der Waals surface area contributed by atoms with Crippen LogP contribution in [0.1, 0.15) is 16.1 Å². The number of carboxylic acids is 1. The van der Waals surface area contributed by atoms with Gasteiger partial charge in [-0.2, -0.15) is 0 Å². The fourth-order valence-electron chi connectivity index (χ4n) is 1.59. The molecule has 0 amide bonds. The molecule has 0 saturated heterocycles. The Bertz CT molecular complexity index is 561. The van der Waals surface area contributed by atoms with Crippen molar-refractivity contribution in [3.8, 4) is 16.9 Å². The normalized spacial score (nSPS) is 10.2. The third-order valence-corrected chi connectivity index (χ3v) is 2.46. The Morgan fingerprint density at radius 2 is 2.00 bits per heavy atom. The molecule has 1 aromatic heterocycles. The fraction of sp³-hybridized carbons (Fsp3) is 0.0769. The van der Waals surface area contributed by atoms with E-state index < -0.39 is 5.97 Å². The summed E-state index contributed by atoms with van der Waals surface area (Å²) in [6.07, 6.45) is 1.62. The second-order valence-electron chi connectivity index (χ2n) is 3.72. The van der Waals surface area contributed by atoms with Gasteiger partial charge in [0.25, 0.3) is 0 Å². The van der Waals surface area contributed by atoms with Gasteiger partial charge in [0.2, 0.25) is 0 Å². The Hall–Kier alpha value is -2.36. The average molecular weight is 229 g/mol. The van der Waals surface area contributed by atoms with Crippen LogP contribution in [0.5, 0.6) is 5.75 Å². The summed E-state index contributed by atoms with van der Waals surface area (Å²) >= 11 is 0. The molecule has 2 N–H and O–H groups in total. The number of aromatic hydroxyl groups is 1. The molecule has 4 heteroatoms. The fourth-order valence-corrected chi connectivity index (χ4v) is 1.59. The largest absolute Gasteiger partial charge is 0.508 e. The van der Waals surface area contributed by atoms with Crippen molar-refractivity contribution < 1.29 is 15.0 Å². The van der Waals surface area contributed by atoms with Crippen molar-refractivity contribution in [1.29, 1.82) is 0 Å². The number of benzene rings is 1. The third-order valence-electron chi connectivity index (χ3n) is 2.46. The summed E-state index contributed by atoms with van der Waals surface area (Å²) in [5.41, 5.74) is 2.19. The number of aromatic carboxylic acids is 1. The Kier molecular flexibility index (Phi) is 2.78. The standard InChI is InChI=1S/C13H11NO3/c1-8-2-3-9(7-14-8)11-5-4-10(15)6-12(11)13(16)17/h2-7,15H,1H3,(H,16,17). The van der Waals surface area contributed by atoms with Gasteiger partial charge in [-0.1, -0.05) is 6.07 Å². The van der Waals surface area contributed by atoms with E-state index in [1.54, 1.807) is 18.3 Å². The molecule has 0 aliphatic carbocycles. The maximum atomic E-state index is 11.1. The van der Waals surface area contributed by atoms with Crippen molar-refractivity contribution in [2.75, 3.05) is 0 Å². The van der Waals surface area contributed by atoms with Gasteiger partial charge in [-0.25, -0.2) is 4.79 Å². The van der Waals surface area contributed by atoms with Crippen LogP contribution >= 0.6 is 0 Å². The number of carboxylic acid groups (broad SMARTS) is 1. The summed E-state index contributed by atoms with van der Waals surface area (Å²) in [4.78, 5) is 15.2. The van der Waals surface area contributed by atoms with E-state index >= 15 is 0 Å². The smallest absolute Gasteiger partial charge is 0.336 e. The summed E-state index contributed by atoms with van der Waals surface area (Å²) in [6, 6.07) is 7.89. The minimum atomic E-state index is -1.07. The van der Waals surface area contributed by atoms with Gasteiger partial charge in [-0.3, -0.25) is 4.98 Å². The lowest BCUT2D eigenvalue weighted by atomic mass is 10.0. The number of rotatable bonds is 2. The Morgan fingerprint density at radius 3 is 2.59 bits per heavy atom. The first kappa shape index (κ1) is 11.1. The van der Waals surface area contributed by atoms with Crippen molar-refractivity contribution >= 4 is 5.97 Å². The lowest BCUT2D eigenvalue weighted by Gasteiger charge is -2.06. The Labute approximate surface area is 98.2 Å². The first-order valence-corrected chi connectivity index (χ1v) is 5.07. The second-order valence-corrected chi connectivity index (χ2v) is 3.72. The summed E-state index contributed by atoms with van der Waals surface area (Å²) < 4.78 is 0. The van der Waals surface area contributed by atoms with Gasteiger partial charge >= 0.3 is 5.97 Å². The lowest BCUT2D eigenvalue weighted by Crippen LogP contribution is -1.99. The monoisotopic (exact) mass is 229 g/mol. The molecule has 1 heterocycles. The Balaban J connectivity index is 2.58. The molecule has 0 fully saturated rings. The maximum absolute atomic E-state index is 11.1. The summed E-state index contributed by atoms with van der Waals surface area (Å²) in [5.74, 6) is -1.14. The molecule has 1 aromatic carbocycles. The van der Waals surface area contributed by atoms with Crippen LogP contribution in [0.3, 0.4) is 0 Å². The van der Waals surface area contributed by atoms with Gasteiger partial charge < -0.3 is 10.2 Å². The zero-order valence-electron chi connectivity index (χ0n) is 9.21. The van der Waals surface area contributed by atoms with Crippen LogP contribution in [0.15, 0.2) is 36.5 Å². The highest BCUT2D eigenvalue weighted by molar-refractivity contribution is 5.96. The maximum Gasteiger partial charge on any atom is 0.336 e. The van der Waals surface area contributed by atoms with Gasteiger partial charge in [0.1, 0.15) is 5.75 Å². The number of pyridine rings is 1. The van der Waals surface area contributed by atoms with E-state index in [0.29, 0.717) is 11.1 Å². The summed E-state index contributed by atoms with van der Waals surface area (Å²) in [5, 5.41) is 18.4. The number of carbonyl (C=O) groups is 1. The van der Waals surface area contributed by atoms with Crippen LogP contribution in [0.25, 0.3) is 11.1 Å². The highest BCUT2D eigenvalue weighted by atomic mass is 16.4.